The molecule has 1 heterocycles. The Kier molecular flexibility index (Phi) is 5.16. The highest BCUT2D eigenvalue weighted by Gasteiger charge is 2.29. The van der Waals surface area contributed by atoms with Gasteiger partial charge in [0.15, 0.2) is 9.84 Å². The maximum Gasteiger partial charge on any atom is 0.327 e. The van der Waals surface area contributed by atoms with Crippen LogP contribution in [0.2, 0.25) is 0 Å². The van der Waals surface area contributed by atoms with Gasteiger partial charge in [-0.3, -0.25) is 0 Å². The van der Waals surface area contributed by atoms with Crippen molar-refractivity contribution in [1.29, 1.82) is 0 Å². The van der Waals surface area contributed by atoms with E-state index in [-0.39, 0.29) is 5.75 Å². The first-order valence-corrected chi connectivity index (χ1v) is 9.66. The summed E-state index contributed by atoms with van der Waals surface area (Å²) in [6.45, 7) is 2.48. The van der Waals surface area contributed by atoms with Gasteiger partial charge in [0.25, 0.3) is 0 Å². The fourth-order valence-corrected chi connectivity index (χ4v) is 4.71. The summed E-state index contributed by atoms with van der Waals surface area (Å²) < 4.78 is 24.0. The highest BCUT2D eigenvalue weighted by atomic mass is 32.2. The third kappa shape index (κ3) is 3.71. The lowest BCUT2D eigenvalue weighted by Gasteiger charge is -2.34. The van der Waals surface area contributed by atoms with Crippen molar-refractivity contribution in [2.45, 2.75) is 24.3 Å². The molecule has 7 heteroatoms. The van der Waals surface area contributed by atoms with Crippen molar-refractivity contribution in [2.24, 2.45) is 0 Å². The number of nitrogens with zero attached hydrogens (tertiary/aromatic N) is 1. The van der Waals surface area contributed by atoms with Crippen LogP contribution < -0.4 is 4.90 Å². The number of sulfone groups is 1. The van der Waals surface area contributed by atoms with E-state index in [4.69, 9.17) is 0 Å². The summed E-state index contributed by atoms with van der Waals surface area (Å²) in [4.78, 5) is 13.4. The molecule has 1 aromatic carbocycles. The van der Waals surface area contributed by atoms with Crippen LogP contribution in [0.4, 0.5) is 5.69 Å². The van der Waals surface area contributed by atoms with E-state index >= 15 is 0 Å². The zero-order valence-corrected chi connectivity index (χ0v) is 13.5. The minimum Gasteiger partial charge on any atom is -0.480 e. The molecular formula is C14H19NO4S2. The minimum absolute atomic E-state index is 0.129. The van der Waals surface area contributed by atoms with Crippen LogP contribution in [-0.4, -0.2) is 49.3 Å². The van der Waals surface area contributed by atoms with Gasteiger partial charge in [0.2, 0.25) is 0 Å². The van der Waals surface area contributed by atoms with Crippen LogP contribution in [0.25, 0.3) is 0 Å². The van der Waals surface area contributed by atoms with Crippen molar-refractivity contribution in [2.75, 3.05) is 28.7 Å². The molecule has 21 heavy (non-hydrogen) atoms. The van der Waals surface area contributed by atoms with Gasteiger partial charge in [0.1, 0.15) is 6.04 Å². The standard InChI is InChI=1S/C14H19NO4S2/c1-2-9-21(18,19)12-5-3-11(4-6-12)15-7-8-20-10-13(15)14(16)17/h3-6,13H,2,7-10H2,1H3,(H,16,17). The van der Waals surface area contributed by atoms with E-state index in [1.165, 1.54) is 0 Å². The van der Waals surface area contributed by atoms with Gasteiger partial charge in [0.05, 0.1) is 10.6 Å². The van der Waals surface area contributed by atoms with E-state index in [0.717, 1.165) is 11.4 Å². The Morgan fingerprint density at radius 2 is 2.05 bits per heavy atom. The number of benzene rings is 1. The largest absolute Gasteiger partial charge is 0.480 e. The van der Waals surface area contributed by atoms with Crippen LogP contribution in [0.5, 0.6) is 0 Å². The number of carboxylic acid groups (broad SMARTS) is 1. The van der Waals surface area contributed by atoms with Crippen molar-refractivity contribution < 1.29 is 18.3 Å². The maximum atomic E-state index is 12.0. The summed E-state index contributed by atoms with van der Waals surface area (Å²) in [5.74, 6) is 0.708. The van der Waals surface area contributed by atoms with E-state index in [9.17, 15) is 18.3 Å². The average Bonchev–Trinajstić information content (AvgIpc) is 2.47. The van der Waals surface area contributed by atoms with Gasteiger partial charge in [-0.1, -0.05) is 6.92 Å². The molecule has 1 aromatic rings. The number of carboxylic acids is 1. The van der Waals surface area contributed by atoms with Crippen LogP contribution in [0.1, 0.15) is 13.3 Å². The van der Waals surface area contributed by atoms with Crippen molar-refractivity contribution in [1.82, 2.24) is 0 Å². The molecule has 2 rings (SSSR count). The molecule has 0 aromatic heterocycles. The van der Waals surface area contributed by atoms with Gasteiger partial charge >= 0.3 is 5.97 Å². The van der Waals surface area contributed by atoms with Crippen molar-refractivity contribution >= 4 is 33.3 Å². The van der Waals surface area contributed by atoms with Crippen LogP contribution in [0, 0.1) is 0 Å². The molecule has 0 aliphatic carbocycles. The number of carbonyl (C=O) groups is 1. The smallest absolute Gasteiger partial charge is 0.327 e. The van der Waals surface area contributed by atoms with E-state index < -0.39 is 21.8 Å². The summed E-state index contributed by atoms with van der Waals surface area (Å²) in [6, 6.07) is 5.99. The van der Waals surface area contributed by atoms with Crippen molar-refractivity contribution in [3.05, 3.63) is 24.3 Å². The highest BCUT2D eigenvalue weighted by molar-refractivity contribution is 7.99. The third-order valence-electron chi connectivity index (χ3n) is 3.41. The van der Waals surface area contributed by atoms with E-state index in [1.54, 1.807) is 36.0 Å². The lowest BCUT2D eigenvalue weighted by atomic mass is 10.2. The molecule has 0 amide bonds. The Morgan fingerprint density at radius 1 is 1.38 bits per heavy atom. The molecule has 1 atom stereocenters. The topological polar surface area (TPSA) is 74.7 Å². The molecule has 0 spiro atoms. The number of thioether (sulfide) groups is 1. The zero-order valence-electron chi connectivity index (χ0n) is 11.9. The Morgan fingerprint density at radius 3 is 2.62 bits per heavy atom. The fourth-order valence-electron chi connectivity index (χ4n) is 2.35. The molecule has 116 valence electrons. The summed E-state index contributed by atoms with van der Waals surface area (Å²) >= 11 is 1.63. The Bertz CT molecular complexity index is 598. The number of anilines is 1. The molecule has 1 aliphatic rings. The predicted molar refractivity (Wildman–Crippen MR) is 84.9 cm³/mol. The SMILES string of the molecule is CCCS(=O)(=O)c1ccc(N2CCSCC2C(=O)O)cc1. The second-order valence-corrected chi connectivity index (χ2v) is 8.19. The van der Waals surface area contributed by atoms with Gasteiger partial charge in [-0.15, -0.1) is 0 Å². The van der Waals surface area contributed by atoms with Gasteiger partial charge in [-0.05, 0) is 30.7 Å². The van der Waals surface area contributed by atoms with Crippen molar-refractivity contribution in [3.63, 3.8) is 0 Å². The first kappa shape index (κ1) is 16.2. The summed E-state index contributed by atoms with van der Waals surface area (Å²) in [5, 5.41) is 9.27. The van der Waals surface area contributed by atoms with Crippen LogP contribution in [-0.2, 0) is 14.6 Å². The molecule has 1 unspecified atom stereocenters. The minimum atomic E-state index is -3.23. The summed E-state index contributed by atoms with van der Waals surface area (Å²) in [7, 11) is -3.23. The lowest BCUT2D eigenvalue weighted by molar-refractivity contribution is -0.138. The number of hydrogen-bond acceptors (Lipinski definition) is 5. The van der Waals surface area contributed by atoms with Crippen LogP contribution >= 0.6 is 11.8 Å². The number of hydrogen-bond donors (Lipinski definition) is 1. The molecule has 1 aliphatic heterocycles. The average molecular weight is 329 g/mol. The first-order valence-electron chi connectivity index (χ1n) is 6.85. The Labute approximate surface area is 129 Å². The number of aliphatic carboxylic acids is 1. The second-order valence-electron chi connectivity index (χ2n) is 4.94. The highest BCUT2D eigenvalue weighted by Crippen LogP contribution is 2.26. The fraction of sp³-hybridized carbons (Fsp3) is 0.500. The van der Waals surface area contributed by atoms with Crippen molar-refractivity contribution in [3.8, 4) is 0 Å². The molecule has 1 fully saturated rings. The molecule has 1 saturated heterocycles. The van der Waals surface area contributed by atoms with E-state index in [0.29, 0.717) is 23.6 Å². The molecule has 5 nitrogen and oxygen atoms in total. The summed E-state index contributed by atoms with van der Waals surface area (Å²) in [5.41, 5.74) is 0.762. The quantitative estimate of drug-likeness (QED) is 0.889. The van der Waals surface area contributed by atoms with Gasteiger partial charge in [-0.25, -0.2) is 13.2 Å². The lowest BCUT2D eigenvalue weighted by Crippen LogP contribution is -2.47. The normalized spacial score (nSPS) is 19.5. The molecule has 0 bridgehead atoms. The number of rotatable bonds is 5. The van der Waals surface area contributed by atoms with E-state index in [2.05, 4.69) is 0 Å². The molecule has 0 radical (unpaired) electrons. The third-order valence-corrected chi connectivity index (χ3v) is 6.37. The first-order chi connectivity index (χ1) is 9.95. The van der Waals surface area contributed by atoms with Crippen LogP contribution in [0.15, 0.2) is 29.2 Å². The monoisotopic (exact) mass is 329 g/mol. The Balaban J connectivity index is 2.24. The maximum absolute atomic E-state index is 12.0. The summed E-state index contributed by atoms with van der Waals surface area (Å²) in [6.07, 6.45) is 0.578. The second kappa shape index (κ2) is 6.70. The van der Waals surface area contributed by atoms with Gasteiger partial charge < -0.3 is 10.0 Å². The molecular weight excluding hydrogens is 310 g/mol. The molecule has 0 saturated carbocycles. The zero-order chi connectivity index (χ0) is 15.5. The van der Waals surface area contributed by atoms with Gasteiger partial charge in [-0.2, -0.15) is 11.8 Å². The van der Waals surface area contributed by atoms with E-state index in [1.807, 2.05) is 11.8 Å². The Hall–Kier alpha value is -1.21. The predicted octanol–water partition coefficient (Wildman–Crippen LogP) is 1.88. The molecule has 1 N–H and O–H groups in total. The van der Waals surface area contributed by atoms with Gasteiger partial charge in [0, 0.05) is 23.7 Å². The van der Waals surface area contributed by atoms with Crippen LogP contribution in [0.3, 0.4) is 0 Å².